The van der Waals surface area contributed by atoms with Crippen molar-refractivity contribution in [1.29, 1.82) is 0 Å². The van der Waals surface area contributed by atoms with E-state index in [0.29, 0.717) is 63.7 Å². The lowest BCUT2D eigenvalue weighted by Crippen LogP contribution is -2.33. The molecule has 3 aliphatic heterocycles. The Labute approximate surface area is 461 Å². The minimum atomic E-state index is -5.81. The van der Waals surface area contributed by atoms with Crippen LogP contribution in [0.3, 0.4) is 0 Å². The number of phosphoric ester groups is 2. The molecule has 0 aliphatic carbocycles. The predicted octanol–water partition coefficient (Wildman–Crippen LogP) is 5.46. The van der Waals surface area contributed by atoms with E-state index in [2.05, 4.69) is 42.9 Å². The number of phosphoric acid groups is 3. The minimum absolute atomic E-state index is 0.0226. The maximum Gasteiger partial charge on any atom is 0.490 e. The van der Waals surface area contributed by atoms with Crippen LogP contribution >= 0.6 is 23.5 Å². The van der Waals surface area contributed by atoms with Crippen molar-refractivity contribution in [2.45, 2.75) is 131 Å². The van der Waals surface area contributed by atoms with E-state index in [1.807, 2.05) is 52.8 Å². The van der Waals surface area contributed by atoms with Gasteiger partial charge in [-0.3, -0.25) is 27.5 Å². The standard InChI is InChI=1S/C47H65N8O20P3S2/c1-6-53-34-20-18-30(79(65,66)67)25-32(34)46(2,3)37(53)15-14-16-38-47(4,5)33-26-31(80(68,69)70)19-21-35(33)54(38)23-12-9-10-17-39(56)49-22-11-7-8-13-24-71-76(59,60)74-78(63,64)75-77(61,62)72-27-36-41(57)42(58)45(73-36)55-29-52-40-43(48)50-28-51-44(40)55/h14-16,18-21,25-26,28-29,36,41-42,45,57-58H,6-13,17,22-24,27H2,1-5H3,(H7-,48,49,50,51,56,59,60,61,62,63,64,65,66,67,68,69,70)/p+1/t36-,41-,42-,45-/m1/s1. The molecule has 2 aromatic heterocycles. The summed E-state index contributed by atoms with van der Waals surface area (Å²) in [6, 6.07) is 9.03. The number of nitrogen functional groups attached to an aromatic ring is 1. The Morgan fingerprint density at radius 1 is 0.825 bits per heavy atom. The average molecular weight is 1220 g/mol. The first-order valence-electron chi connectivity index (χ1n) is 25.2. The van der Waals surface area contributed by atoms with Gasteiger partial charge in [0.15, 0.2) is 23.4 Å². The largest absolute Gasteiger partial charge is 0.490 e. The molecule has 3 unspecified atom stereocenters. The number of carbonyl (C=O) groups excluding carboxylic acids is 1. The van der Waals surface area contributed by atoms with E-state index in [4.69, 9.17) is 15.0 Å². The molecular weight excluding hydrogens is 1150 g/mol. The third-order valence-corrected chi connectivity index (χ3v) is 19.9. The molecule has 4 aromatic rings. The second kappa shape index (κ2) is 24.6. The Morgan fingerprint density at radius 3 is 2.14 bits per heavy atom. The van der Waals surface area contributed by atoms with Gasteiger partial charge in [-0.25, -0.2) is 28.6 Å². The molecule has 1 fully saturated rings. The first-order chi connectivity index (χ1) is 37.3. The number of aromatic nitrogens is 4. The van der Waals surface area contributed by atoms with Crippen molar-refractivity contribution in [3.8, 4) is 0 Å². The first-order valence-corrected chi connectivity index (χ1v) is 32.6. The lowest BCUT2D eigenvalue weighted by atomic mass is 9.81. The van der Waals surface area contributed by atoms with E-state index >= 15 is 0 Å². The SMILES string of the molecule is CCN1/C(=C/C=C/C2=[N+](CCCCCC(=O)NCCCCCCOP(=O)(O)OP(=O)(O)OP(=O)(O)OC[C@H]3O[C@@H](n4cnc5c(N)ncnc54)[C@H](O)[C@@H]3O)c3ccc(S(=O)(=O)O)cc3C2(C)C)C(C)(C)c2cc(S(=O)(=O)O)ccc21. The van der Waals surface area contributed by atoms with Crippen LogP contribution in [0.5, 0.6) is 0 Å². The number of ether oxygens (including phenoxy) is 1. The Bertz CT molecular complexity index is 3470. The summed E-state index contributed by atoms with van der Waals surface area (Å²) in [6.07, 6.45) is 5.77. The highest BCUT2D eigenvalue weighted by Gasteiger charge is 2.48. The Hall–Kier alpha value is -4.68. The van der Waals surface area contributed by atoms with Gasteiger partial charge < -0.3 is 45.6 Å². The monoisotopic (exact) mass is 1220 g/mol. The van der Waals surface area contributed by atoms with Gasteiger partial charge in [-0.05, 0) is 88.4 Å². The summed E-state index contributed by atoms with van der Waals surface area (Å²) in [4.78, 5) is 56.3. The van der Waals surface area contributed by atoms with Crippen LogP contribution in [-0.4, -0.2) is 138 Å². The first kappa shape index (κ1) is 62.9. The molecule has 28 nitrogen and oxygen atoms in total. The zero-order valence-corrected chi connectivity index (χ0v) is 48.5. The van der Waals surface area contributed by atoms with E-state index in [1.165, 1.54) is 35.2 Å². The third-order valence-electron chi connectivity index (χ3n) is 13.9. The lowest BCUT2D eigenvalue weighted by molar-refractivity contribution is -0.438. The van der Waals surface area contributed by atoms with Gasteiger partial charge >= 0.3 is 23.5 Å². The van der Waals surface area contributed by atoms with Crippen molar-refractivity contribution >= 4 is 83.7 Å². The Morgan fingerprint density at radius 2 is 1.46 bits per heavy atom. The van der Waals surface area contributed by atoms with Crippen molar-refractivity contribution in [3.05, 3.63) is 84.1 Å². The van der Waals surface area contributed by atoms with Crippen LogP contribution in [-0.2, 0) is 72.0 Å². The molecule has 0 bridgehead atoms. The van der Waals surface area contributed by atoms with E-state index in [0.717, 1.165) is 34.7 Å². The fourth-order valence-corrected chi connectivity index (χ4v) is 14.5. The van der Waals surface area contributed by atoms with Crippen LogP contribution in [0.2, 0.25) is 0 Å². The van der Waals surface area contributed by atoms with Gasteiger partial charge in [0.1, 0.15) is 36.7 Å². The fraction of sp³-hybridized carbons (Fsp3) is 0.511. The molecule has 10 N–H and O–H groups in total. The number of rotatable bonds is 27. The number of aliphatic hydroxyl groups excluding tert-OH is 2. The highest BCUT2D eigenvalue weighted by atomic mass is 32.2. The van der Waals surface area contributed by atoms with E-state index < -0.39 is 92.3 Å². The number of carbonyl (C=O) groups is 1. The highest BCUT2D eigenvalue weighted by molar-refractivity contribution is 7.86. The summed E-state index contributed by atoms with van der Waals surface area (Å²) in [7, 11) is -25.6. The second-order valence-electron chi connectivity index (χ2n) is 20.2. The molecule has 440 valence electrons. The number of nitrogens with one attached hydrogen (secondary N) is 1. The number of anilines is 2. The summed E-state index contributed by atoms with van der Waals surface area (Å²) < 4.78 is 132. The van der Waals surface area contributed by atoms with Gasteiger partial charge in [-0.15, -0.1) is 0 Å². The number of unbranched alkanes of at least 4 members (excludes halogenated alkanes) is 5. The van der Waals surface area contributed by atoms with Gasteiger partial charge in [0.2, 0.25) is 11.6 Å². The van der Waals surface area contributed by atoms with Gasteiger partial charge in [0, 0.05) is 60.4 Å². The maximum atomic E-state index is 12.7. The van der Waals surface area contributed by atoms with Crippen molar-refractivity contribution in [3.63, 3.8) is 0 Å². The number of hydrogen-bond donors (Lipinski definition) is 9. The number of amides is 1. The molecule has 7 rings (SSSR count). The number of fused-ring (bicyclic) bond motifs is 3. The number of benzene rings is 2. The summed E-state index contributed by atoms with van der Waals surface area (Å²) in [5.41, 5.74) is 9.47. The molecule has 1 amide bonds. The van der Waals surface area contributed by atoms with Crippen LogP contribution in [0, 0.1) is 0 Å². The van der Waals surface area contributed by atoms with Crippen molar-refractivity contribution < 1.29 is 96.3 Å². The van der Waals surface area contributed by atoms with Crippen molar-refractivity contribution in [2.75, 3.05) is 43.5 Å². The van der Waals surface area contributed by atoms with Crippen LogP contribution in [0.25, 0.3) is 11.2 Å². The Kier molecular flexibility index (Phi) is 19.4. The lowest BCUT2D eigenvalue weighted by Gasteiger charge is -2.25. The second-order valence-corrected chi connectivity index (χ2v) is 27.6. The smallest absolute Gasteiger partial charge is 0.387 e. The molecule has 3 aliphatic rings. The zero-order valence-electron chi connectivity index (χ0n) is 44.2. The molecule has 80 heavy (non-hydrogen) atoms. The quantitative estimate of drug-likeness (QED) is 0.0155. The van der Waals surface area contributed by atoms with Gasteiger partial charge in [0.05, 0.1) is 34.7 Å². The maximum absolute atomic E-state index is 12.7. The molecule has 0 saturated carbocycles. The average Bonchev–Trinajstić information content (AvgIpc) is 4.24. The van der Waals surface area contributed by atoms with Gasteiger partial charge in [-0.2, -0.15) is 30.0 Å². The minimum Gasteiger partial charge on any atom is -0.387 e. The van der Waals surface area contributed by atoms with Crippen LogP contribution in [0.4, 0.5) is 17.2 Å². The number of hydrogen-bond acceptors (Lipinski definition) is 20. The molecule has 0 radical (unpaired) electrons. The molecule has 33 heteroatoms. The molecule has 0 spiro atoms. The number of nitrogens with two attached hydrogens (primary N) is 1. The fourth-order valence-electron chi connectivity index (χ4n) is 9.89. The number of allylic oxidation sites excluding steroid dienone is 4. The topological polar surface area (TPSA) is 412 Å². The molecule has 5 heterocycles. The van der Waals surface area contributed by atoms with Gasteiger partial charge in [0.25, 0.3) is 20.2 Å². The van der Waals surface area contributed by atoms with Crippen LogP contribution < -0.4 is 16.0 Å². The predicted molar refractivity (Wildman–Crippen MR) is 288 cm³/mol. The molecular formula is C47H66N8O20P3S2+. The van der Waals surface area contributed by atoms with Gasteiger partial charge in [-0.1, -0.05) is 32.8 Å². The highest BCUT2D eigenvalue weighted by Crippen LogP contribution is 2.68. The van der Waals surface area contributed by atoms with Crippen LogP contribution in [0.15, 0.2) is 82.8 Å². The number of aliphatic hydroxyl groups is 2. The third kappa shape index (κ3) is 14.6. The summed E-state index contributed by atoms with van der Waals surface area (Å²) in [5.74, 6) is -0.144. The summed E-state index contributed by atoms with van der Waals surface area (Å²) in [6.45, 7) is 9.84. The zero-order chi connectivity index (χ0) is 58.8. The molecule has 1 saturated heterocycles. The van der Waals surface area contributed by atoms with Crippen molar-refractivity contribution in [2.24, 2.45) is 0 Å². The van der Waals surface area contributed by atoms with E-state index in [9.17, 15) is 69.3 Å². The van der Waals surface area contributed by atoms with E-state index in [1.54, 1.807) is 12.1 Å². The van der Waals surface area contributed by atoms with Crippen LogP contribution in [0.1, 0.15) is 103 Å². The summed E-state index contributed by atoms with van der Waals surface area (Å²) in [5, 5.41) is 24.0. The number of imidazole rings is 1. The number of likely N-dealkylation sites (N-methyl/N-ethyl adjacent to an activating group) is 1. The summed E-state index contributed by atoms with van der Waals surface area (Å²) >= 11 is 0. The van der Waals surface area contributed by atoms with E-state index in [-0.39, 0.29) is 45.5 Å². The van der Waals surface area contributed by atoms with Crippen molar-refractivity contribution in [1.82, 2.24) is 24.8 Å². The Balaban J connectivity index is 0.822. The normalized spacial score (nSPS) is 22.6. The molecule has 7 atom stereocenters. The number of nitrogens with zero attached hydrogens (tertiary/aromatic N) is 6. The molecule has 2 aromatic carbocycles.